The van der Waals surface area contributed by atoms with E-state index in [1.54, 1.807) is 49.6 Å². The lowest BCUT2D eigenvalue weighted by molar-refractivity contribution is -0.140. The Bertz CT molecular complexity index is 1190. The number of nitrogens with zero attached hydrogens (tertiary/aromatic N) is 1. The summed E-state index contributed by atoms with van der Waals surface area (Å²) in [7, 11) is 3.07. The molecule has 0 spiro atoms. The number of ether oxygens (including phenoxy) is 2. The molecule has 1 amide bonds. The summed E-state index contributed by atoms with van der Waals surface area (Å²) in [4.78, 5) is 27.7. The molecule has 32 heavy (non-hydrogen) atoms. The Morgan fingerprint density at radius 3 is 2.22 bits per heavy atom. The fourth-order valence-electron chi connectivity index (χ4n) is 3.91. The van der Waals surface area contributed by atoms with Crippen molar-refractivity contribution in [2.45, 2.75) is 12.6 Å². The summed E-state index contributed by atoms with van der Waals surface area (Å²) in [6, 6.07) is 22.6. The molecule has 1 unspecified atom stereocenters. The van der Waals surface area contributed by atoms with Gasteiger partial charge in [-0.25, -0.2) is 0 Å². The van der Waals surface area contributed by atoms with Crippen molar-refractivity contribution in [3.8, 4) is 11.5 Å². The van der Waals surface area contributed by atoms with E-state index in [-0.39, 0.29) is 17.9 Å². The molecule has 0 bridgehead atoms. The fraction of sp³-hybridized carbons (Fsp3) is 0.154. The van der Waals surface area contributed by atoms with E-state index >= 15 is 0 Å². The minimum absolute atomic E-state index is 0.0347. The normalized spacial score (nSPS) is 17.4. The Hall–Kier alpha value is -4.06. The van der Waals surface area contributed by atoms with Gasteiger partial charge in [0.05, 0.1) is 25.8 Å². The van der Waals surface area contributed by atoms with E-state index in [9.17, 15) is 14.7 Å². The Balaban J connectivity index is 1.88. The summed E-state index contributed by atoms with van der Waals surface area (Å²) in [5.74, 6) is -0.509. The predicted molar refractivity (Wildman–Crippen MR) is 120 cm³/mol. The maximum absolute atomic E-state index is 13.1. The summed E-state index contributed by atoms with van der Waals surface area (Å²) in [5.41, 5.74) is 1.98. The van der Waals surface area contributed by atoms with Gasteiger partial charge in [0.15, 0.2) is 0 Å². The molecule has 3 aromatic carbocycles. The molecule has 162 valence electrons. The third-order valence-corrected chi connectivity index (χ3v) is 5.49. The van der Waals surface area contributed by atoms with Gasteiger partial charge in [0.25, 0.3) is 11.7 Å². The van der Waals surface area contributed by atoms with Crippen LogP contribution in [0.3, 0.4) is 0 Å². The van der Waals surface area contributed by atoms with E-state index in [4.69, 9.17) is 9.47 Å². The van der Waals surface area contributed by atoms with Crippen LogP contribution in [0.5, 0.6) is 11.5 Å². The molecule has 1 saturated heterocycles. The van der Waals surface area contributed by atoms with Gasteiger partial charge in [0, 0.05) is 12.1 Å². The molecule has 0 radical (unpaired) electrons. The van der Waals surface area contributed by atoms with Gasteiger partial charge in [-0.3, -0.25) is 9.59 Å². The topological polar surface area (TPSA) is 76.1 Å². The summed E-state index contributed by atoms with van der Waals surface area (Å²) >= 11 is 0. The number of benzene rings is 3. The monoisotopic (exact) mass is 429 g/mol. The van der Waals surface area contributed by atoms with Crippen molar-refractivity contribution >= 4 is 17.4 Å². The quantitative estimate of drug-likeness (QED) is 0.359. The van der Waals surface area contributed by atoms with Gasteiger partial charge < -0.3 is 19.5 Å². The molecule has 1 fully saturated rings. The van der Waals surface area contributed by atoms with Crippen molar-refractivity contribution in [2.24, 2.45) is 0 Å². The van der Waals surface area contributed by atoms with Gasteiger partial charge in [0.1, 0.15) is 17.3 Å². The minimum atomic E-state index is -0.767. The SMILES string of the molecule is COc1cccc(/C(O)=C2\C(=O)C(=O)N(Cc3ccccc3)C2c2cccc(OC)c2)c1. The molecular formula is C26H23NO5. The smallest absolute Gasteiger partial charge is 0.295 e. The van der Waals surface area contributed by atoms with E-state index < -0.39 is 17.7 Å². The van der Waals surface area contributed by atoms with E-state index in [1.165, 1.54) is 12.0 Å². The van der Waals surface area contributed by atoms with Gasteiger partial charge >= 0.3 is 0 Å². The number of aliphatic hydroxyl groups excluding tert-OH is 1. The molecule has 6 nitrogen and oxygen atoms in total. The van der Waals surface area contributed by atoms with E-state index in [1.807, 2.05) is 36.4 Å². The summed E-state index contributed by atoms with van der Waals surface area (Å²) in [6.45, 7) is 0.224. The first kappa shape index (κ1) is 21.2. The highest BCUT2D eigenvalue weighted by Gasteiger charge is 2.46. The van der Waals surface area contributed by atoms with Crippen molar-refractivity contribution in [3.05, 3.63) is 101 Å². The molecule has 0 aromatic heterocycles. The number of carbonyl (C=O) groups is 2. The second kappa shape index (κ2) is 8.98. The number of aliphatic hydroxyl groups is 1. The van der Waals surface area contributed by atoms with Gasteiger partial charge in [0.2, 0.25) is 0 Å². The first-order valence-corrected chi connectivity index (χ1v) is 10.1. The van der Waals surface area contributed by atoms with Crippen LogP contribution in [-0.2, 0) is 16.1 Å². The van der Waals surface area contributed by atoms with Crippen molar-refractivity contribution in [1.82, 2.24) is 4.90 Å². The van der Waals surface area contributed by atoms with E-state index in [2.05, 4.69) is 0 Å². The predicted octanol–water partition coefficient (Wildman–Crippen LogP) is 4.33. The molecule has 1 aliphatic heterocycles. The number of Topliss-reactive ketones (excluding diaryl/α,β-unsaturated/α-hetero) is 1. The number of amides is 1. The number of hydrogen-bond donors (Lipinski definition) is 1. The number of ketones is 1. The average Bonchev–Trinajstić information content (AvgIpc) is 3.09. The largest absolute Gasteiger partial charge is 0.507 e. The van der Waals surface area contributed by atoms with E-state index in [0.29, 0.717) is 22.6 Å². The fourth-order valence-corrected chi connectivity index (χ4v) is 3.91. The minimum Gasteiger partial charge on any atom is -0.507 e. The maximum atomic E-state index is 13.1. The maximum Gasteiger partial charge on any atom is 0.295 e. The first-order chi connectivity index (χ1) is 15.5. The van der Waals surface area contributed by atoms with Crippen LogP contribution in [0, 0.1) is 0 Å². The number of methoxy groups -OCH3 is 2. The van der Waals surface area contributed by atoms with Crippen molar-refractivity contribution in [3.63, 3.8) is 0 Å². The lowest BCUT2D eigenvalue weighted by atomic mass is 9.95. The number of hydrogen-bond acceptors (Lipinski definition) is 5. The molecule has 3 aromatic rings. The van der Waals surface area contributed by atoms with Crippen LogP contribution in [0.4, 0.5) is 0 Å². The van der Waals surface area contributed by atoms with Gasteiger partial charge in [-0.05, 0) is 35.4 Å². The number of rotatable bonds is 6. The molecule has 1 heterocycles. The lowest BCUT2D eigenvalue weighted by Crippen LogP contribution is -2.29. The van der Waals surface area contributed by atoms with Crippen LogP contribution < -0.4 is 9.47 Å². The van der Waals surface area contributed by atoms with Crippen LogP contribution in [0.15, 0.2) is 84.4 Å². The van der Waals surface area contributed by atoms with Crippen LogP contribution in [-0.4, -0.2) is 35.9 Å². The van der Waals surface area contributed by atoms with Crippen molar-refractivity contribution in [2.75, 3.05) is 14.2 Å². The second-order valence-corrected chi connectivity index (χ2v) is 7.42. The molecule has 0 aliphatic carbocycles. The molecule has 0 saturated carbocycles. The molecule has 4 rings (SSSR count). The summed E-state index contributed by atoms with van der Waals surface area (Å²) in [5, 5.41) is 11.2. The number of likely N-dealkylation sites (tertiary alicyclic amines) is 1. The highest BCUT2D eigenvalue weighted by Crippen LogP contribution is 2.41. The highest BCUT2D eigenvalue weighted by molar-refractivity contribution is 6.46. The zero-order valence-corrected chi connectivity index (χ0v) is 17.8. The average molecular weight is 429 g/mol. The standard InChI is InChI=1S/C26H23NO5/c1-31-20-12-6-10-18(14-20)23-22(24(28)19-11-7-13-21(15-19)32-2)25(29)26(30)27(23)16-17-8-4-3-5-9-17/h3-15,23,28H,16H2,1-2H3/b24-22+. The second-order valence-electron chi connectivity index (χ2n) is 7.42. The lowest BCUT2D eigenvalue weighted by Gasteiger charge is -2.25. The Morgan fingerprint density at radius 2 is 1.53 bits per heavy atom. The van der Waals surface area contributed by atoms with Gasteiger partial charge in [-0.15, -0.1) is 0 Å². The molecule has 6 heteroatoms. The van der Waals surface area contributed by atoms with Crippen molar-refractivity contribution in [1.29, 1.82) is 0 Å². The Kier molecular flexibility index (Phi) is 5.94. The van der Waals surface area contributed by atoms with Gasteiger partial charge in [-0.1, -0.05) is 54.6 Å². The zero-order valence-electron chi connectivity index (χ0n) is 17.8. The zero-order chi connectivity index (χ0) is 22.7. The summed E-state index contributed by atoms with van der Waals surface area (Å²) in [6.07, 6.45) is 0. The summed E-state index contributed by atoms with van der Waals surface area (Å²) < 4.78 is 10.6. The molecule has 1 N–H and O–H groups in total. The third kappa shape index (κ3) is 3.95. The Morgan fingerprint density at radius 1 is 0.875 bits per heavy atom. The van der Waals surface area contributed by atoms with Crippen LogP contribution >= 0.6 is 0 Å². The molecular weight excluding hydrogens is 406 g/mol. The van der Waals surface area contributed by atoms with Crippen LogP contribution in [0.25, 0.3) is 5.76 Å². The van der Waals surface area contributed by atoms with Crippen LogP contribution in [0.1, 0.15) is 22.7 Å². The van der Waals surface area contributed by atoms with Crippen molar-refractivity contribution < 1.29 is 24.2 Å². The molecule has 1 aliphatic rings. The number of carbonyl (C=O) groups excluding carboxylic acids is 2. The first-order valence-electron chi connectivity index (χ1n) is 10.1. The van der Waals surface area contributed by atoms with Crippen LogP contribution in [0.2, 0.25) is 0 Å². The van der Waals surface area contributed by atoms with Gasteiger partial charge in [-0.2, -0.15) is 0 Å². The van der Waals surface area contributed by atoms with E-state index in [0.717, 1.165) is 5.56 Å². The Labute approximate surface area is 186 Å². The molecule has 1 atom stereocenters. The highest BCUT2D eigenvalue weighted by atomic mass is 16.5. The third-order valence-electron chi connectivity index (χ3n) is 5.49.